The van der Waals surface area contributed by atoms with Gasteiger partial charge < -0.3 is 10.2 Å². The maximum atomic E-state index is 12.2. The SMILES string of the molecule is C[C@@H]1CNCCN1c1nc(-c2ccncc2)cc(=O)n1C. The third-order valence-electron chi connectivity index (χ3n) is 3.85. The zero-order valence-electron chi connectivity index (χ0n) is 12.3. The molecule has 0 saturated carbocycles. The molecule has 1 atom stereocenters. The Balaban J connectivity index is 2.08. The molecule has 1 N–H and O–H groups in total. The smallest absolute Gasteiger partial charge is 0.255 e. The van der Waals surface area contributed by atoms with Crippen molar-refractivity contribution in [1.29, 1.82) is 0 Å². The molecule has 0 aliphatic carbocycles. The molecule has 0 spiro atoms. The van der Waals surface area contributed by atoms with Crippen LogP contribution in [-0.4, -0.2) is 40.2 Å². The fraction of sp³-hybridized carbons (Fsp3) is 0.400. The van der Waals surface area contributed by atoms with Crippen molar-refractivity contribution < 1.29 is 0 Å². The maximum Gasteiger partial charge on any atom is 0.255 e. The number of piperazine rings is 1. The molecule has 0 aromatic carbocycles. The summed E-state index contributed by atoms with van der Waals surface area (Å²) in [6.45, 7) is 4.79. The topological polar surface area (TPSA) is 63.0 Å². The first-order valence-corrected chi connectivity index (χ1v) is 7.12. The Labute approximate surface area is 123 Å². The van der Waals surface area contributed by atoms with E-state index < -0.39 is 0 Å². The second kappa shape index (κ2) is 5.65. The zero-order chi connectivity index (χ0) is 14.8. The Hall–Kier alpha value is -2.21. The molecule has 2 aromatic heterocycles. The van der Waals surface area contributed by atoms with Crippen molar-refractivity contribution in [3.63, 3.8) is 0 Å². The monoisotopic (exact) mass is 285 g/mol. The van der Waals surface area contributed by atoms with Crippen LogP contribution in [0.4, 0.5) is 5.95 Å². The van der Waals surface area contributed by atoms with Gasteiger partial charge in [-0.15, -0.1) is 0 Å². The second-order valence-corrected chi connectivity index (χ2v) is 5.32. The van der Waals surface area contributed by atoms with Crippen molar-refractivity contribution in [3.05, 3.63) is 40.9 Å². The third-order valence-corrected chi connectivity index (χ3v) is 3.85. The molecule has 3 heterocycles. The molecule has 3 rings (SSSR count). The minimum absolute atomic E-state index is 0.0439. The van der Waals surface area contributed by atoms with Crippen LogP contribution < -0.4 is 15.8 Å². The summed E-state index contributed by atoms with van der Waals surface area (Å²) < 4.78 is 1.62. The number of anilines is 1. The number of rotatable bonds is 2. The molecule has 1 fully saturated rings. The molecular weight excluding hydrogens is 266 g/mol. The summed E-state index contributed by atoms with van der Waals surface area (Å²) in [6, 6.07) is 5.62. The molecule has 1 saturated heterocycles. The zero-order valence-corrected chi connectivity index (χ0v) is 12.3. The molecule has 0 radical (unpaired) electrons. The normalized spacial score (nSPS) is 18.8. The van der Waals surface area contributed by atoms with Crippen molar-refractivity contribution in [1.82, 2.24) is 19.9 Å². The fourth-order valence-electron chi connectivity index (χ4n) is 2.59. The van der Waals surface area contributed by atoms with Gasteiger partial charge in [-0.1, -0.05) is 0 Å². The van der Waals surface area contributed by atoms with Crippen molar-refractivity contribution >= 4 is 5.95 Å². The van der Waals surface area contributed by atoms with Crippen LogP contribution in [0.1, 0.15) is 6.92 Å². The van der Waals surface area contributed by atoms with Crippen LogP contribution in [0.5, 0.6) is 0 Å². The molecule has 1 aliphatic rings. The highest BCUT2D eigenvalue weighted by atomic mass is 16.1. The van der Waals surface area contributed by atoms with Gasteiger partial charge in [-0.25, -0.2) is 4.98 Å². The van der Waals surface area contributed by atoms with Crippen LogP contribution in [-0.2, 0) is 7.05 Å². The van der Waals surface area contributed by atoms with E-state index in [4.69, 9.17) is 4.98 Å². The Morgan fingerprint density at radius 2 is 2.10 bits per heavy atom. The number of nitrogens with one attached hydrogen (secondary N) is 1. The fourth-order valence-corrected chi connectivity index (χ4v) is 2.59. The number of aromatic nitrogens is 3. The summed E-state index contributed by atoms with van der Waals surface area (Å²) >= 11 is 0. The predicted octanol–water partition coefficient (Wildman–Crippen LogP) is 0.640. The van der Waals surface area contributed by atoms with Gasteiger partial charge in [0.15, 0.2) is 0 Å². The summed E-state index contributed by atoms with van der Waals surface area (Å²) in [5.74, 6) is 0.725. The van der Waals surface area contributed by atoms with Gasteiger partial charge in [0.25, 0.3) is 5.56 Å². The lowest BCUT2D eigenvalue weighted by Crippen LogP contribution is -2.51. The molecule has 0 amide bonds. The van der Waals surface area contributed by atoms with E-state index in [-0.39, 0.29) is 5.56 Å². The van der Waals surface area contributed by atoms with Gasteiger partial charge in [0.1, 0.15) is 0 Å². The minimum Gasteiger partial charge on any atom is -0.337 e. The molecule has 1 aliphatic heterocycles. The van der Waals surface area contributed by atoms with Crippen molar-refractivity contribution in [2.24, 2.45) is 7.05 Å². The van der Waals surface area contributed by atoms with E-state index in [2.05, 4.69) is 22.1 Å². The summed E-state index contributed by atoms with van der Waals surface area (Å²) in [5, 5.41) is 3.35. The van der Waals surface area contributed by atoms with Crippen LogP contribution in [0.2, 0.25) is 0 Å². The van der Waals surface area contributed by atoms with Gasteiger partial charge in [0.2, 0.25) is 5.95 Å². The average molecular weight is 285 g/mol. The van der Waals surface area contributed by atoms with E-state index in [1.165, 1.54) is 0 Å². The van der Waals surface area contributed by atoms with E-state index in [1.54, 1.807) is 30.1 Å². The first-order valence-electron chi connectivity index (χ1n) is 7.12. The summed E-state index contributed by atoms with van der Waals surface area (Å²) in [4.78, 5) is 23.1. The maximum absolute atomic E-state index is 12.2. The van der Waals surface area contributed by atoms with E-state index in [9.17, 15) is 4.79 Å². The Bertz CT molecular complexity index is 682. The summed E-state index contributed by atoms with van der Waals surface area (Å²) in [6.07, 6.45) is 3.42. The van der Waals surface area contributed by atoms with Crippen molar-refractivity contribution in [2.45, 2.75) is 13.0 Å². The van der Waals surface area contributed by atoms with Gasteiger partial charge in [0, 0.05) is 56.7 Å². The second-order valence-electron chi connectivity index (χ2n) is 5.32. The highest BCUT2D eigenvalue weighted by molar-refractivity contribution is 5.59. The number of hydrogen-bond donors (Lipinski definition) is 1. The lowest BCUT2D eigenvalue weighted by atomic mass is 10.2. The van der Waals surface area contributed by atoms with E-state index in [1.807, 2.05) is 12.1 Å². The van der Waals surface area contributed by atoms with Crippen LogP contribution in [0.3, 0.4) is 0 Å². The highest BCUT2D eigenvalue weighted by Crippen LogP contribution is 2.19. The van der Waals surface area contributed by atoms with E-state index >= 15 is 0 Å². The van der Waals surface area contributed by atoms with Crippen LogP contribution >= 0.6 is 0 Å². The van der Waals surface area contributed by atoms with Gasteiger partial charge in [-0.2, -0.15) is 0 Å². The van der Waals surface area contributed by atoms with Gasteiger partial charge in [-0.3, -0.25) is 14.3 Å². The third kappa shape index (κ3) is 2.67. The summed E-state index contributed by atoms with van der Waals surface area (Å²) in [7, 11) is 1.77. The molecule has 6 nitrogen and oxygen atoms in total. The lowest BCUT2D eigenvalue weighted by molar-refractivity contribution is 0.485. The van der Waals surface area contributed by atoms with Gasteiger partial charge >= 0.3 is 0 Å². The quantitative estimate of drug-likeness (QED) is 0.877. The Morgan fingerprint density at radius 1 is 1.33 bits per heavy atom. The first-order chi connectivity index (χ1) is 10.2. The number of nitrogens with zero attached hydrogens (tertiary/aromatic N) is 4. The molecule has 0 unspecified atom stereocenters. The average Bonchev–Trinajstić information content (AvgIpc) is 2.51. The first kappa shape index (κ1) is 13.8. The molecule has 21 heavy (non-hydrogen) atoms. The van der Waals surface area contributed by atoms with E-state index in [0.29, 0.717) is 11.7 Å². The molecular formula is C15H19N5O. The van der Waals surface area contributed by atoms with Crippen LogP contribution in [0, 0.1) is 0 Å². The number of pyridine rings is 1. The molecule has 110 valence electrons. The van der Waals surface area contributed by atoms with E-state index in [0.717, 1.165) is 31.1 Å². The van der Waals surface area contributed by atoms with Crippen LogP contribution in [0.25, 0.3) is 11.3 Å². The molecule has 2 aromatic rings. The molecule has 0 bridgehead atoms. The lowest BCUT2D eigenvalue weighted by Gasteiger charge is -2.35. The summed E-state index contributed by atoms with van der Waals surface area (Å²) in [5.41, 5.74) is 1.56. The Kier molecular flexibility index (Phi) is 3.70. The minimum atomic E-state index is -0.0439. The Morgan fingerprint density at radius 3 is 2.81 bits per heavy atom. The van der Waals surface area contributed by atoms with Crippen LogP contribution in [0.15, 0.2) is 35.4 Å². The van der Waals surface area contributed by atoms with Gasteiger partial charge in [-0.05, 0) is 19.1 Å². The van der Waals surface area contributed by atoms with Gasteiger partial charge in [0.05, 0.1) is 5.69 Å². The predicted molar refractivity (Wildman–Crippen MR) is 82.4 cm³/mol. The number of hydrogen-bond acceptors (Lipinski definition) is 5. The standard InChI is InChI=1S/C15H19N5O/c1-11-10-17-7-8-20(11)15-18-13(9-14(21)19(15)2)12-3-5-16-6-4-12/h3-6,9,11,17H,7-8,10H2,1-2H3/t11-/m1/s1. The highest BCUT2D eigenvalue weighted by Gasteiger charge is 2.22. The molecule has 6 heteroatoms. The largest absolute Gasteiger partial charge is 0.337 e. The van der Waals surface area contributed by atoms with Crippen molar-refractivity contribution in [3.8, 4) is 11.3 Å². The van der Waals surface area contributed by atoms with Crippen molar-refractivity contribution in [2.75, 3.05) is 24.5 Å².